The maximum Gasteiger partial charge on any atom is 0.240 e. The van der Waals surface area contributed by atoms with Crippen molar-refractivity contribution >= 4 is 10.0 Å². The van der Waals surface area contributed by atoms with Gasteiger partial charge in [0.2, 0.25) is 10.0 Å². The van der Waals surface area contributed by atoms with E-state index in [2.05, 4.69) is 4.72 Å². The van der Waals surface area contributed by atoms with Crippen molar-refractivity contribution in [3.63, 3.8) is 0 Å². The van der Waals surface area contributed by atoms with Gasteiger partial charge in [-0.15, -0.1) is 0 Å². The Morgan fingerprint density at radius 2 is 1.94 bits per heavy atom. The Hall–Kier alpha value is -0.910. The van der Waals surface area contributed by atoms with Crippen LogP contribution < -0.4 is 10.5 Å². The van der Waals surface area contributed by atoms with E-state index in [0.29, 0.717) is 18.0 Å². The summed E-state index contributed by atoms with van der Waals surface area (Å²) in [6, 6.07) is 5.16. The van der Waals surface area contributed by atoms with Crippen molar-refractivity contribution in [2.45, 2.75) is 44.6 Å². The van der Waals surface area contributed by atoms with Crippen molar-refractivity contribution < 1.29 is 8.42 Å². The summed E-state index contributed by atoms with van der Waals surface area (Å²) in [4.78, 5) is 0.302. The number of rotatable bonds is 7. The van der Waals surface area contributed by atoms with Gasteiger partial charge < -0.3 is 5.73 Å². The lowest BCUT2D eigenvalue weighted by Crippen LogP contribution is -2.25. The van der Waals surface area contributed by atoms with Gasteiger partial charge in [0.25, 0.3) is 0 Å². The monoisotopic (exact) mass is 270 g/mol. The van der Waals surface area contributed by atoms with Gasteiger partial charge in [-0.25, -0.2) is 13.1 Å². The molecular formula is C13H22N2O2S. The van der Waals surface area contributed by atoms with Crippen molar-refractivity contribution in [2.75, 3.05) is 6.54 Å². The van der Waals surface area contributed by atoms with Gasteiger partial charge >= 0.3 is 0 Å². The van der Waals surface area contributed by atoms with Gasteiger partial charge in [0, 0.05) is 13.1 Å². The van der Waals surface area contributed by atoms with Crippen LogP contribution in [-0.2, 0) is 23.0 Å². The van der Waals surface area contributed by atoms with E-state index in [-0.39, 0.29) is 0 Å². The zero-order chi connectivity index (χ0) is 13.6. The van der Waals surface area contributed by atoms with Crippen LogP contribution >= 0.6 is 0 Å². The van der Waals surface area contributed by atoms with Gasteiger partial charge in [0.15, 0.2) is 0 Å². The summed E-state index contributed by atoms with van der Waals surface area (Å²) in [7, 11) is -3.40. The molecule has 0 heterocycles. The quantitative estimate of drug-likeness (QED) is 0.742. The molecule has 0 bridgehead atoms. The Morgan fingerprint density at radius 3 is 2.50 bits per heavy atom. The lowest BCUT2D eigenvalue weighted by atomic mass is 10.1. The number of aryl methyl sites for hydroxylation is 1. The summed E-state index contributed by atoms with van der Waals surface area (Å²) in [5.41, 5.74) is 7.65. The molecule has 18 heavy (non-hydrogen) atoms. The van der Waals surface area contributed by atoms with E-state index in [4.69, 9.17) is 5.73 Å². The molecule has 0 radical (unpaired) electrons. The Morgan fingerprint density at radius 1 is 1.22 bits per heavy atom. The van der Waals surface area contributed by atoms with E-state index in [0.717, 1.165) is 30.4 Å². The van der Waals surface area contributed by atoms with E-state index in [1.807, 2.05) is 19.9 Å². The van der Waals surface area contributed by atoms with Crippen LogP contribution in [-0.4, -0.2) is 15.0 Å². The Bertz CT molecular complexity index is 484. The van der Waals surface area contributed by atoms with Gasteiger partial charge in [-0.05, 0) is 36.1 Å². The smallest absolute Gasteiger partial charge is 0.240 e. The number of unbranched alkanes of at least 4 members (excludes halogenated alkanes) is 1. The van der Waals surface area contributed by atoms with Gasteiger partial charge in [-0.2, -0.15) is 0 Å². The normalized spacial score (nSPS) is 11.7. The average Bonchev–Trinajstić information content (AvgIpc) is 2.38. The molecule has 102 valence electrons. The Kier molecular flexibility index (Phi) is 5.78. The summed E-state index contributed by atoms with van der Waals surface area (Å²) in [5.74, 6) is 0. The molecule has 0 atom stereocenters. The fraction of sp³-hybridized carbons (Fsp3) is 0.538. The molecular weight excluding hydrogens is 248 g/mol. The largest absolute Gasteiger partial charge is 0.326 e. The van der Waals surface area contributed by atoms with Crippen LogP contribution in [0.5, 0.6) is 0 Å². The van der Waals surface area contributed by atoms with Gasteiger partial charge in [-0.3, -0.25) is 0 Å². The van der Waals surface area contributed by atoms with Crippen molar-refractivity contribution in [3.8, 4) is 0 Å². The number of benzene rings is 1. The number of sulfonamides is 1. The molecule has 5 heteroatoms. The topological polar surface area (TPSA) is 72.2 Å². The van der Waals surface area contributed by atoms with E-state index in [1.165, 1.54) is 0 Å². The van der Waals surface area contributed by atoms with E-state index in [1.54, 1.807) is 12.1 Å². The van der Waals surface area contributed by atoms with Crippen molar-refractivity contribution in [3.05, 3.63) is 29.3 Å². The third-order valence-corrected chi connectivity index (χ3v) is 4.37. The molecule has 1 aromatic rings. The first-order chi connectivity index (χ1) is 8.55. The average molecular weight is 270 g/mol. The molecule has 0 spiro atoms. The van der Waals surface area contributed by atoms with E-state index < -0.39 is 10.0 Å². The first kappa shape index (κ1) is 15.1. The van der Waals surface area contributed by atoms with Crippen LogP contribution in [0.2, 0.25) is 0 Å². The first-order valence-corrected chi connectivity index (χ1v) is 7.85. The molecule has 1 rings (SSSR count). The molecule has 0 aliphatic heterocycles. The highest BCUT2D eigenvalue weighted by atomic mass is 32.2. The summed E-state index contributed by atoms with van der Waals surface area (Å²) in [5, 5.41) is 0. The lowest BCUT2D eigenvalue weighted by Gasteiger charge is -2.10. The number of nitrogens with two attached hydrogens (primary N) is 1. The minimum atomic E-state index is -3.40. The minimum Gasteiger partial charge on any atom is -0.326 e. The molecule has 0 aliphatic carbocycles. The Labute approximate surface area is 110 Å². The number of hydrogen-bond acceptors (Lipinski definition) is 3. The molecule has 0 aliphatic rings. The molecule has 0 aromatic heterocycles. The number of nitrogens with one attached hydrogen (secondary N) is 1. The summed E-state index contributed by atoms with van der Waals surface area (Å²) in [6.07, 6.45) is 2.66. The predicted octanol–water partition coefficient (Wildman–Crippen LogP) is 1.79. The zero-order valence-electron chi connectivity index (χ0n) is 11.1. The maximum atomic E-state index is 12.0. The van der Waals surface area contributed by atoms with Crippen LogP contribution in [0.1, 0.15) is 37.8 Å². The summed E-state index contributed by atoms with van der Waals surface area (Å²) in [6.45, 7) is 4.90. The highest BCUT2D eigenvalue weighted by Crippen LogP contribution is 2.16. The SMILES string of the molecule is CCCCNS(=O)(=O)c1ccc(CC)c(CN)c1. The van der Waals surface area contributed by atoms with E-state index in [9.17, 15) is 8.42 Å². The maximum absolute atomic E-state index is 12.0. The van der Waals surface area contributed by atoms with Crippen molar-refractivity contribution in [1.29, 1.82) is 0 Å². The van der Waals surface area contributed by atoms with Crippen LogP contribution in [0.3, 0.4) is 0 Å². The van der Waals surface area contributed by atoms with Crippen LogP contribution in [0, 0.1) is 0 Å². The molecule has 0 saturated heterocycles. The fourth-order valence-corrected chi connectivity index (χ4v) is 2.90. The second-order valence-corrected chi connectivity index (χ2v) is 6.01. The fourth-order valence-electron chi connectivity index (χ4n) is 1.77. The second-order valence-electron chi connectivity index (χ2n) is 4.24. The summed E-state index contributed by atoms with van der Waals surface area (Å²) >= 11 is 0. The third kappa shape index (κ3) is 3.80. The number of hydrogen-bond donors (Lipinski definition) is 2. The minimum absolute atomic E-state index is 0.302. The standard InChI is InChI=1S/C13H22N2O2S/c1-3-5-8-15-18(16,17)13-7-6-11(4-2)12(9-13)10-14/h6-7,9,15H,3-5,8,10,14H2,1-2H3. The highest BCUT2D eigenvalue weighted by Gasteiger charge is 2.14. The predicted molar refractivity (Wildman–Crippen MR) is 73.8 cm³/mol. The molecule has 1 aromatic carbocycles. The first-order valence-electron chi connectivity index (χ1n) is 6.36. The molecule has 0 amide bonds. The van der Waals surface area contributed by atoms with E-state index >= 15 is 0 Å². The molecule has 0 saturated carbocycles. The van der Waals surface area contributed by atoms with Crippen LogP contribution in [0.25, 0.3) is 0 Å². The molecule has 3 N–H and O–H groups in total. The second kappa shape index (κ2) is 6.87. The van der Waals surface area contributed by atoms with Gasteiger partial charge in [0.1, 0.15) is 0 Å². The zero-order valence-corrected chi connectivity index (χ0v) is 11.9. The Balaban J connectivity index is 2.95. The van der Waals surface area contributed by atoms with Gasteiger partial charge in [0.05, 0.1) is 4.90 Å². The van der Waals surface area contributed by atoms with Crippen molar-refractivity contribution in [2.24, 2.45) is 5.73 Å². The highest BCUT2D eigenvalue weighted by molar-refractivity contribution is 7.89. The van der Waals surface area contributed by atoms with Gasteiger partial charge in [-0.1, -0.05) is 26.3 Å². The summed E-state index contributed by atoms with van der Waals surface area (Å²) < 4.78 is 26.6. The van der Waals surface area contributed by atoms with Crippen molar-refractivity contribution in [1.82, 2.24) is 4.72 Å². The lowest BCUT2D eigenvalue weighted by molar-refractivity contribution is 0.578. The molecule has 4 nitrogen and oxygen atoms in total. The van der Waals surface area contributed by atoms with Crippen LogP contribution in [0.15, 0.2) is 23.1 Å². The third-order valence-electron chi connectivity index (χ3n) is 2.91. The molecule has 0 fully saturated rings. The molecule has 0 unspecified atom stereocenters. The van der Waals surface area contributed by atoms with Crippen LogP contribution in [0.4, 0.5) is 0 Å².